The summed E-state index contributed by atoms with van der Waals surface area (Å²) >= 11 is 0. The van der Waals surface area contributed by atoms with Gasteiger partial charge in [-0.25, -0.2) is 9.78 Å². The lowest BCUT2D eigenvalue weighted by molar-refractivity contribution is -0.136. The molecule has 0 saturated carbocycles. The van der Waals surface area contributed by atoms with Crippen molar-refractivity contribution in [2.24, 2.45) is 7.05 Å². The SMILES string of the molecule is Cn1ccnc1C(=O)OCOC=O. The normalized spacial score (nSPS) is 9.31. The first-order valence-corrected chi connectivity index (χ1v) is 3.45. The first-order valence-electron chi connectivity index (χ1n) is 3.45. The molecule has 70 valence electrons. The van der Waals surface area contributed by atoms with Crippen molar-refractivity contribution in [3.63, 3.8) is 0 Å². The molecule has 0 saturated heterocycles. The lowest BCUT2D eigenvalue weighted by atomic mass is 10.6. The molecule has 0 amide bonds. The van der Waals surface area contributed by atoms with Crippen molar-refractivity contribution >= 4 is 12.4 Å². The van der Waals surface area contributed by atoms with Crippen molar-refractivity contribution in [1.29, 1.82) is 0 Å². The Kier molecular flexibility index (Phi) is 3.02. The van der Waals surface area contributed by atoms with Crippen LogP contribution in [0.4, 0.5) is 0 Å². The van der Waals surface area contributed by atoms with E-state index in [1.54, 1.807) is 13.2 Å². The Labute approximate surface area is 74.1 Å². The fourth-order valence-electron chi connectivity index (χ4n) is 0.742. The third-order valence-electron chi connectivity index (χ3n) is 1.33. The van der Waals surface area contributed by atoms with E-state index >= 15 is 0 Å². The predicted octanol–water partition coefficient (Wildman–Crippen LogP) is -0.293. The minimum Gasteiger partial charge on any atom is -0.430 e. The highest BCUT2D eigenvalue weighted by atomic mass is 16.7. The van der Waals surface area contributed by atoms with Crippen LogP contribution in [0.1, 0.15) is 10.6 Å². The average molecular weight is 184 g/mol. The van der Waals surface area contributed by atoms with Gasteiger partial charge in [-0.15, -0.1) is 0 Å². The number of rotatable bonds is 4. The summed E-state index contributed by atoms with van der Waals surface area (Å²) < 4.78 is 10.2. The van der Waals surface area contributed by atoms with E-state index in [4.69, 9.17) is 0 Å². The minimum atomic E-state index is -0.630. The highest BCUT2D eigenvalue weighted by Gasteiger charge is 2.11. The Hall–Kier alpha value is -1.85. The summed E-state index contributed by atoms with van der Waals surface area (Å²) in [5, 5.41) is 0. The van der Waals surface area contributed by atoms with Crippen LogP contribution in [0.5, 0.6) is 0 Å². The van der Waals surface area contributed by atoms with Gasteiger partial charge in [-0.1, -0.05) is 0 Å². The molecule has 0 N–H and O–H groups in total. The molecule has 1 rings (SSSR count). The van der Waals surface area contributed by atoms with E-state index in [-0.39, 0.29) is 12.3 Å². The van der Waals surface area contributed by atoms with E-state index in [9.17, 15) is 9.59 Å². The van der Waals surface area contributed by atoms with Gasteiger partial charge >= 0.3 is 5.97 Å². The van der Waals surface area contributed by atoms with Crippen molar-refractivity contribution in [2.45, 2.75) is 0 Å². The van der Waals surface area contributed by atoms with E-state index < -0.39 is 12.8 Å². The maximum Gasteiger partial charge on any atom is 0.377 e. The van der Waals surface area contributed by atoms with Gasteiger partial charge in [0, 0.05) is 19.4 Å². The van der Waals surface area contributed by atoms with Gasteiger partial charge in [0.1, 0.15) is 0 Å². The topological polar surface area (TPSA) is 70.4 Å². The molecule has 1 aromatic rings. The summed E-state index contributed by atoms with van der Waals surface area (Å²) in [7, 11) is 1.66. The number of esters is 1. The van der Waals surface area contributed by atoms with Gasteiger partial charge in [0.25, 0.3) is 6.47 Å². The smallest absolute Gasteiger partial charge is 0.377 e. The number of aromatic nitrogens is 2. The molecule has 1 aromatic heterocycles. The summed E-state index contributed by atoms with van der Waals surface area (Å²) in [6.45, 7) is -0.194. The fourth-order valence-corrected chi connectivity index (χ4v) is 0.742. The quantitative estimate of drug-likeness (QED) is 0.278. The summed E-state index contributed by atoms with van der Waals surface area (Å²) in [4.78, 5) is 24.5. The van der Waals surface area contributed by atoms with Gasteiger partial charge in [0.15, 0.2) is 0 Å². The molecule has 0 fully saturated rings. The van der Waals surface area contributed by atoms with Crippen LogP contribution in [-0.4, -0.2) is 28.8 Å². The fraction of sp³-hybridized carbons (Fsp3) is 0.286. The first kappa shape index (κ1) is 9.24. The van der Waals surface area contributed by atoms with Crippen LogP contribution in [0, 0.1) is 0 Å². The van der Waals surface area contributed by atoms with E-state index in [0.717, 1.165) is 0 Å². The van der Waals surface area contributed by atoms with Gasteiger partial charge in [-0.05, 0) is 0 Å². The van der Waals surface area contributed by atoms with E-state index in [1.165, 1.54) is 10.8 Å². The van der Waals surface area contributed by atoms with Crippen LogP contribution >= 0.6 is 0 Å². The van der Waals surface area contributed by atoms with E-state index in [1.807, 2.05) is 0 Å². The molecule has 0 atom stereocenters. The lowest BCUT2D eigenvalue weighted by Gasteiger charge is -2.01. The van der Waals surface area contributed by atoms with Crippen molar-refractivity contribution in [2.75, 3.05) is 6.79 Å². The number of carbonyl (C=O) groups excluding carboxylic acids is 2. The van der Waals surface area contributed by atoms with Gasteiger partial charge < -0.3 is 14.0 Å². The zero-order valence-corrected chi connectivity index (χ0v) is 6.97. The summed E-state index contributed by atoms with van der Waals surface area (Å²) in [6.07, 6.45) is 3.08. The number of nitrogens with zero attached hydrogens (tertiary/aromatic N) is 2. The molecule has 6 heteroatoms. The number of ether oxygens (including phenoxy) is 2. The van der Waals surface area contributed by atoms with Crippen LogP contribution in [0.15, 0.2) is 12.4 Å². The number of carbonyl (C=O) groups is 2. The maximum atomic E-state index is 11.1. The van der Waals surface area contributed by atoms with Gasteiger partial charge in [0.05, 0.1) is 0 Å². The van der Waals surface area contributed by atoms with E-state index in [0.29, 0.717) is 0 Å². The highest BCUT2D eigenvalue weighted by molar-refractivity contribution is 5.85. The number of aryl methyl sites for hydroxylation is 1. The summed E-state index contributed by atoms with van der Waals surface area (Å²) in [5.41, 5.74) is 0. The minimum absolute atomic E-state index is 0.162. The van der Waals surface area contributed by atoms with Crippen molar-refractivity contribution in [3.05, 3.63) is 18.2 Å². The second-order valence-electron chi connectivity index (χ2n) is 2.17. The zero-order chi connectivity index (χ0) is 9.68. The third kappa shape index (κ3) is 2.29. The van der Waals surface area contributed by atoms with E-state index in [2.05, 4.69) is 14.5 Å². The molecule has 6 nitrogen and oxygen atoms in total. The van der Waals surface area contributed by atoms with Crippen LogP contribution in [-0.2, 0) is 21.3 Å². The number of imidazole rings is 1. The Morgan fingerprint density at radius 1 is 1.77 bits per heavy atom. The van der Waals surface area contributed by atoms with Crippen LogP contribution in [0.2, 0.25) is 0 Å². The molecular weight excluding hydrogens is 176 g/mol. The molecule has 0 aliphatic carbocycles. The number of hydrogen-bond acceptors (Lipinski definition) is 5. The zero-order valence-electron chi connectivity index (χ0n) is 6.97. The lowest BCUT2D eigenvalue weighted by Crippen LogP contribution is -2.13. The molecule has 0 spiro atoms. The van der Waals surface area contributed by atoms with Gasteiger partial charge in [-0.2, -0.15) is 0 Å². The molecule has 0 radical (unpaired) electrons. The second kappa shape index (κ2) is 4.24. The molecule has 0 unspecified atom stereocenters. The predicted molar refractivity (Wildman–Crippen MR) is 40.6 cm³/mol. The van der Waals surface area contributed by atoms with Crippen molar-refractivity contribution in [1.82, 2.24) is 9.55 Å². The summed E-state index contributed by atoms with van der Waals surface area (Å²) in [5.74, 6) is -0.469. The Bertz CT molecular complexity index is 307. The molecule has 0 aliphatic heterocycles. The van der Waals surface area contributed by atoms with Gasteiger partial charge in [-0.3, -0.25) is 4.79 Å². The van der Waals surface area contributed by atoms with Crippen LogP contribution < -0.4 is 0 Å². The van der Waals surface area contributed by atoms with Crippen LogP contribution in [0.3, 0.4) is 0 Å². The first-order chi connectivity index (χ1) is 6.25. The molecule has 0 aromatic carbocycles. The highest BCUT2D eigenvalue weighted by Crippen LogP contribution is 1.96. The second-order valence-corrected chi connectivity index (χ2v) is 2.17. The third-order valence-corrected chi connectivity index (χ3v) is 1.33. The Balaban J connectivity index is 2.49. The van der Waals surface area contributed by atoms with Crippen molar-refractivity contribution in [3.8, 4) is 0 Å². The Morgan fingerprint density at radius 3 is 3.08 bits per heavy atom. The van der Waals surface area contributed by atoms with Gasteiger partial charge in [0.2, 0.25) is 12.6 Å². The standard InChI is InChI=1S/C7H8N2O4/c1-9-3-2-8-6(9)7(11)13-5-12-4-10/h2-4H,5H2,1H3. The number of hydrogen-bond donors (Lipinski definition) is 0. The molecule has 0 aliphatic rings. The average Bonchev–Trinajstić information content (AvgIpc) is 2.52. The molecular formula is C7H8N2O4. The molecule has 0 bridgehead atoms. The molecule has 13 heavy (non-hydrogen) atoms. The van der Waals surface area contributed by atoms with Crippen LogP contribution in [0.25, 0.3) is 0 Å². The van der Waals surface area contributed by atoms with Crippen molar-refractivity contribution < 1.29 is 19.1 Å². The largest absolute Gasteiger partial charge is 0.430 e. The Morgan fingerprint density at radius 2 is 2.54 bits per heavy atom. The summed E-state index contributed by atoms with van der Waals surface area (Å²) in [6, 6.07) is 0. The maximum absolute atomic E-state index is 11.1. The monoisotopic (exact) mass is 184 g/mol. The molecule has 1 heterocycles.